The summed E-state index contributed by atoms with van der Waals surface area (Å²) >= 11 is 6.05. The van der Waals surface area contributed by atoms with Crippen molar-refractivity contribution in [3.63, 3.8) is 0 Å². The van der Waals surface area contributed by atoms with E-state index in [1.165, 1.54) is 17.4 Å². The van der Waals surface area contributed by atoms with Crippen LogP contribution in [-0.4, -0.2) is 36.1 Å². The van der Waals surface area contributed by atoms with E-state index in [1.54, 1.807) is 31.4 Å². The molecular formula is C19H22ClFN4O. The van der Waals surface area contributed by atoms with E-state index in [9.17, 15) is 9.18 Å². The lowest BCUT2D eigenvalue weighted by Crippen LogP contribution is -2.34. The van der Waals surface area contributed by atoms with E-state index in [2.05, 4.69) is 15.2 Å². The van der Waals surface area contributed by atoms with Crippen molar-refractivity contribution in [2.45, 2.75) is 25.8 Å². The van der Waals surface area contributed by atoms with Gasteiger partial charge in [0.1, 0.15) is 5.82 Å². The third-order valence-corrected chi connectivity index (χ3v) is 4.84. The lowest BCUT2D eigenvalue weighted by Gasteiger charge is -2.29. The molecule has 0 radical (unpaired) electrons. The maximum Gasteiger partial charge on any atom is 0.321 e. The van der Waals surface area contributed by atoms with Gasteiger partial charge in [-0.3, -0.25) is 0 Å². The molecule has 1 aliphatic heterocycles. The minimum Gasteiger partial charge on any atom is -0.355 e. The Morgan fingerprint density at radius 3 is 2.77 bits per heavy atom. The first-order valence-corrected chi connectivity index (χ1v) is 9.09. The second-order valence-corrected chi connectivity index (χ2v) is 6.82. The van der Waals surface area contributed by atoms with Crippen molar-refractivity contribution in [1.29, 1.82) is 0 Å². The second-order valence-electron chi connectivity index (χ2n) is 6.41. The summed E-state index contributed by atoms with van der Waals surface area (Å²) in [7, 11) is 1.61. The van der Waals surface area contributed by atoms with Gasteiger partial charge < -0.3 is 15.1 Å². The molecule has 0 aliphatic carbocycles. The lowest BCUT2D eigenvalue weighted by atomic mass is 10.1. The molecule has 1 aromatic heterocycles. The number of hydrogen-bond donors (Lipinski definition) is 1. The van der Waals surface area contributed by atoms with E-state index in [-0.39, 0.29) is 12.6 Å². The Balaban J connectivity index is 1.71. The first-order chi connectivity index (χ1) is 12.6. The number of urea groups is 1. The highest BCUT2D eigenvalue weighted by Crippen LogP contribution is 2.26. The van der Waals surface area contributed by atoms with Gasteiger partial charge in [0.2, 0.25) is 0 Å². The summed E-state index contributed by atoms with van der Waals surface area (Å²) in [5.41, 5.74) is 0.958. The molecule has 138 valence electrons. The van der Waals surface area contributed by atoms with Crippen LogP contribution in [0.5, 0.6) is 0 Å². The minimum absolute atomic E-state index is 0.0800. The van der Waals surface area contributed by atoms with Crippen molar-refractivity contribution in [1.82, 2.24) is 9.88 Å². The zero-order valence-electron chi connectivity index (χ0n) is 14.7. The van der Waals surface area contributed by atoms with Crippen LogP contribution >= 0.6 is 11.6 Å². The second kappa shape index (κ2) is 8.36. The molecule has 2 aromatic rings. The Morgan fingerprint density at radius 1 is 1.27 bits per heavy atom. The highest BCUT2D eigenvalue weighted by molar-refractivity contribution is 6.31. The minimum atomic E-state index is -0.424. The standard InChI is InChI=1S/C19H22ClFN4O/c1-24(13-14-15(20)7-5-8-16(14)21)19(26)23-17-9-6-10-22-18(17)25-11-3-2-4-12-25/h5-10H,2-4,11-13H2,1H3,(H,23,26). The third kappa shape index (κ3) is 4.25. The van der Waals surface area contributed by atoms with Crippen LogP contribution in [0.25, 0.3) is 0 Å². The average Bonchev–Trinajstić information content (AvgIpc) is 2.66. The van der Waals surface area contributed by atoms with Gasteiger partial charge in [-0.25, -0.2) is 14.2 Å². The van der Waals surface area contributed by atoms with Crippen LogP contribution in [0.15, 0.2) is 36.5 Å². The molecule has 2 amide bonds. The van der Waals surface area contributed by atoms with E-state index in [4.69, 9.17) is 11.6 Å². The first kappa shape index (κ1) is 18.5. The smallest absolute Gasteiger partial charge is 0.321 e. The molecule has 0 bridgehead atoms. The van der Waals surface area contributed by atoms with Crippen LogP contribution in [-0.2, 0) is 6.54 Å². The van der Waals surface area contributed by atoms with Gasteiger partial charge in [-0.2, -0.15) is 0 Å². The number of amides is 2. The largest absolute Gasteiger partial charge is 0.355 e. The van der Waals surface area contributed by atoms with Gasteiger partial charge in [0.15, 0.2) is 5.82 Å². The Labute approximate surface area is 157 Å². The molecule has 1 N–H and O–H groups in total. The van der Waals surface area contributed by atoms with Gasteiger partial charge in [0, 0.05) is 36.9 Å². The van der Waals surface area contributed by atoms with Crippen LogP contribution in [0.3, 0.4) is 0 Å². The molecule has 1 aromatic carbocycles. The van der Waals surface area contributed by atoms with Gasteiger partial charge in [0.25, 0.3) is 0 Å². The number of rotatable bonds is 4. The maximum atomic E-state index is 13.9. The first-order valence-electron chi connectivity index (χ1n) is 8.71. The highest BCUT2D eigenvalue weighted by atomic mass is 35.5. The summed E-state index contributed by atoms with van der Waals surface area (Å²) < 4.78 is 13.9. The fourth-order valence-corrected chi connectivity index (χ4v) is 3.28. The van der Waals surface area contributed by atoms with Crippen LogP contribution < -0.4 is 10.2 Å². The SMILES string of the molecule is CN(Cc1c(F)cccc1Cl)C(=O)Nc1cccnc1N1CCCCC1. The normalized spacial score (nSPS) is 14.2. The topological polar surface area (TPSA) is 48.5 Å². The number of nitrogens with one attached hydrogen (secondary N) is 1. The van der Waals surface area contributed by atoms with Gasteiger partial charge >= 0.3 is 6.03 Å². The molecule has 3 rings (SSSR count). The summed E-state index contributed by atoms with van der Waals surface area (Å²) in [4.78, 5) is 20.6. The van der Waals surface area contributed by atoms with E-state index >= 15 is 0 Å². The molecule has 2 heterocycles. The van der Waals surface area contributed by atoms with Crippen molar-refractivity contribution < 1.29 is 9.18 Å². The van der Waals surface area contributed by atoms with Gasteiger partial charge in [-0.1, -0.05) is 17.7 Å². The molecule has 0 atom stereocenters. The molecule has 26 heavy (non-hydrogen) atoms. The van der Waals surface area contributed by atoms with E-state index in [0.717, 1.165) is 31.7 Å². The van der Waals surface area contributed by atoms with Crippen LogP contribution in [0.1, 0.15) is 24.8 Å². The zero-order valence-corrected chi connectivity index (χ0v) is 15.5. The maximum absolute atomic E-state index is 13.9. The average molecular weight is 377 g/mol. The molecule has 0 unspecified atom stereocenters. The van der Waals surface area contributed by atoms with Crippen LogP contribution in [0, 0.1) is 5.82 Å². The van der Waals surface area contributed by atoms with Crippen molar-refractivity contribution in [3.8, 4) is 0 Å². The summed E-state index contributed by atoms with van der Waals surface area (Å²) in [6.07, 6.45) is 5.19. The highest BCUT2D eigenvalue weighted by Gasteiger charge is 2.19. The van der Waals surface area contributed by atoms with Gasteiger partial charge in [-0.05, 0) is 43.5 Å². The predicted molar refractivity (Wildman–Crippen MR) is 102 cm³/mol. The van der Waals surface area contributed by atoms with Crippen molar-refractivity contribution in [2.75, 3.05) is 30.4 Å². The zero-order chi connectivity index (χ0) is 18.5. The monoisotopic (exact) mass is 376 g/mol. The predicted octanol–water partition coefficient (Wildman–Crippen LogP) is 4.53. The number of aromatic nitrogens is 1. The summed E-state index contributed by atoms with van der Waals surface area (Å²) in [5.74, 6) is 0.352. The fourth-order valence-electron chi connectivity index (χ4n) is 3.06. The molecule has 7 heteroatoms. The molecule has 5 nitrogen and oxygen atoms in total. The van der Waals surface area contributed by atoms with E-state index < -0.39 is 5.82 Å². The molecule has 0 saturated carbocycles. The van der Waals surface area contributed by atoms with E-state index in [0.29, 0.717) is 16.3 Å². The Kier molecular flexibility index (Phi) is 5.93. The fraction of sp³-hybridized carbons (Fsp3) is 0.368. The Hall–Kier alpha value is -2.34. The van der Waals surface area contributed by atoms with Crippen LogP contribution in [0.4, 0.5) is 20.7 Å². The van der Waals surface area contributed by atoms with Crippen molar-refractivity contribution >= 4 is 29.1 Å². The van der Waals surface area contributed by atoms with Gasteiger partial charge in [-0.15, -0.1) is 0 Å². The van der Waals surface area contributed by atoms with Gasteiger partial charge in [0.05, 0.1) is 12.2 Å². The summed E-state index contributed by atoms with van der Waals surface area (Å²) in [5, 5.41) is 3.19. The molecule has 1 saturated heterocycles. The number of hydrogen-bond acceptors (Lipinski definition) is 3. The number of halogens is 2. The van der Waals surface area contributed by atoms with Crippen LogP contribution in [0.2, 0.25) is 5.02 Å². The summed E-state index contributed by atoms with van der Waals surface area (Å²) in [6, 6.07) is 7.77. The number of pyridine rings is 1. The molecule has 0 spiro atoms. The lowest BCUT2D eigenvalue weighted by molar-refractivity contribution is 0.220. The van der Waals surface area contributed by atoms with Crippen molar-refractivity contribution in [2.24, 2.45) is 0 Å². The quantitative estimate of drug-likeness (QED) is 0.852. The summed E-state index contributed by atoms with van der Waals surface area (Å²) in [6.45, 7) is 1.94. The number of carbonyl (C=O) groups excluding carboxylic acids is 1. The number of benzene rings is 1. The molecule has 1 aliphatic rings. The van der Waals surface area contributed by atoms with E-state index in [1.807, 2.05) is 6.07 Å². The molecule has 1 fully saturated rings. The third-order valence-electron chi connectivity index (χ3n) is 4.49. The Morgan fingerprint density at radius 2 is 2.04 bits per heavy atom. The number of piperidine rings is 1. The molecular weight excluding hydrogens is 355 g/mol. The van der Waals surface area contributed by atoms with Crippen molar-refractivity contribution in [3.05, 3.63) is 52.9 Å². The number of carbonyl (C=O) groups is 1. The Bertz CT molecular complexity index is 760. The number of nitrogens with zero attached hydrogens (tertiary/aromatic N) is 3. The number of anilines is 2.